The van der Waals surface area contributed by atoms with Gasteiger partial charge < -0.3 is 15.3 Å². The fourth-order valence-corrected chi connectivity index (χ4v) is 1.49. The fraction of sp³-hybridized carbons (Fsp3) is 0.300. The molecule has 1 unspecified atom stereocenters. The van der Waals surface area contributed by atoms with E-state index >= 15 is 0 Å². The van der Waals surface area contributed by atoms with Crippen LogP contribution in [0, 0.1) is 0 Å². The molecule has 1 aromatic heterocycles. The first-order valence-corrected chi connectivity index (χ1v) is 4.61. The predicted octanol–water partition coefficient (Wildman–Crippen LogP) is 0.124. The lowest BCUT2D eigenvalue weighted by Crippen LogP contribution is -2.11. The van der Waals surface area contributed by atoms with Crippen molar-refractivity contribution in [2.75, 3.05) is 6.54 Å². The second-order valence-corrected chi connectivity index (χ2v) is 3.41. The van der Waals surface area contributed by atoms with E-state index in [1.165, 1.54) is 4.57 Å². The smallest absolute Gasteiger partial charge is 0.408 e. The van der Waals surface area contributed by atoms with Crippen molar-refractivity contribution in [2.45, 2.75) is 6.10 Å². The van der Waals surface area contributed by atoms with Gasteiger partial charge in [-0.15, -0.1) is 0 Å². The number of oxazole rings is 1. The number of aryl methyl sites for hydroxylation is 1. The van der Waals surface area contributed by atoms with Crippen molar-refractivity contribution in [2.24, 2.45) is 12.8 Å². The summed E-state index contributed by atoms with van der Waals surface area (Å²) >= 11 is 0. The highest BCUT2D eigenvalue weighted by molar-refractivity contribution is 5.73. The molecule has 0 radical (unpaired) electrons. The van der Waals surface area contributed by atoms with E-state index in [2.05, 4.69) is 0 Å². The van der Waals surface area contributed by atoms with Crippen LogP contribution in [0.25, 0.3) is 11.1 Å². The van der Waals surface area contributed by atoms with Crippen molar-refractivity contribution >= 4 is 11.1 Å². The number of rotatable bonds is 2. The van der Waals surface area contributed by atoms with Gasteiger partial charge in [-0.2, -0.15) is 0 Å². The number of hydrogen-bond donors (Lipinski definition) is 2. The van der Waals surface area contributed by atoms with Crippen molar-refractivity contribution in [3.05, 3.63) is 34.3 Å². The summed E-state index contributed by atoms with van der Waals surface area (Å²) in [5.74, 6) is -0.413. The van der Waals surface area contributed by atoms with Crippen molar-refractivity contribution in [1.82, 2.24) is 4.57 Å². The lowest BCUT2D eigenvalue weighted by atomic mass is 10.1. The quantitative estimate of drug-likeness (QED) is 0.734. The highest BCUT2D eigenvalue weighted by atomic mass is 16.4. The van der Waals surface area contributed by atoms with Crippen molar-refractivity contribution in [3.63, 3.8) is 0 Å². The Morgan fingerprint density at radius 3 is 3.00 bits per heavy atom. The van der Waals surface area contributed by atoms with Crippen LogP contribution in [0.3, 0.4) is 0 Å². The Balaban J connectivity index is 2.62. The summed E-state index contributed by atoms with van der Waals surface area (Å²) in [7, 11) is 1.63. The molecule has 2 aromatic rings. The van der Waals surface area contributed by atoms with Gasteiger partial charge in [-0.25, -0.2) is 4.79 Å². The second kappa shape index (κ2) is 3.52. The molecule has 5 heteroatoms. The highest BCUT2D eigenvalue weighted by Gasteiger charge is 2.10. The molecule has 0 fully saturated rings. The van der Waals surface area contributed by atoms with Gasteiger partial charge >= 0.3 is 5.76 Å². The van der Waals surface area contributed by atoms with Crippen LogP contribution >= 0.6 is 0 Å². The SMILES string of the molecule is Cn1c(=O)oc2cc(C(O)CN)ccc21. The number of aliphatic hydroxyl groups is 1. The first kappa shape index (κ1) is 9.95. The number of aromatic nitrogens is 1. The van der Waals surface area contributed by atoms with E-state index in [0.29, 0.717) is 16.7 Å². The molecule has 0 spiro atoms. The highest BCUT2D eigenvalue weighted by Crippen LogP contribution is 2.18. The molecular weight excluding hydrogens is 196 g/mol. The maximum absolute atomic E-state index is 11.2. The topological polar surface area (TPSA) is 81.4 Å². The standard InChI is InChI=1S/C10H12N2O3/c1-12-7-3-2-6(8(13)5-11)4-9(7)15-10(12)14/h2-4,8,13H,5,11H2,1H3. The third-order valence-electron chi connectivity index (χ3n) is 2.42. The molecule has 5 nitrogen and oxygen atoms in total. The number of nitrogens with two attached hydrogens (primary N) is 1. The lowest BCUT2D eigenvalue weighted by Gasteiger charge is -2.06. The molecule has 0 amide bonds. The van der Waals surface area contributed by atoms with Crippen LogP contribution in [0.4, 0.5) is 0 Å². The normalized spacial score (nSPS) is 13.3. The molecule has 15 heavy (non-hydrogen) atoms. The molecule has 0 aliphatic heterocycles. The first-order chi connectivity index (χ1) is 7.13. The van der Waals surface area contributed by atoms with Gasteiger partial charge in [0.25, 0.3) is 0 Å². The van der Waals surface area contributed by atoms with E-state index in [4.69, 9.17) is 10.2 Å². The van der Waals surface area contributed by atoms with Gasteiger partial charge in [-0.3, -0.25) is 4.57 Å². The van der Waals surface area contributed by atoms with Crippen molar-refractivity contribution in [1.29, 1.82) is 0 Å². The van der Waals surface area contributed by atoms with Gasteiger partial charge in [0.2, 0.25) is 0 Å². The summed E-state index contributed by atoms with van der Waals surface area (Å²) in [6, 6.07) is 5.09. The number of aliphatic hydroxyl groups excluding tert-OH is 1. The van der Waals surface area contributed by atoms with Crippen LogP contribution in [0.1, 0.15) is 11.7 Å². The minimum atomic E-state index is -0.722. The molecule has 0 aliphatic carbocycles. The number of nitrogens with zero attached hydrogens (tertiary/aromatic N) is 1. The number of hydrogen-bond acceptors (Lipinski definition) is 4. The second-order valence-electron chi connectivity index (χ2n) is 3.41. The third-order valence-corrected chi connectivity index (χ3v) is 2.42. The summed E-state index contributed by atoms with van der Waals surface area (Å²) in [5, 5.41) is 9.51. The molecule has 0 bridgehead atoms. The zero-order chi connectivity index (χ0) is 11.0. The Morgan fingerprint density at radius 1 is 1.60 bits per heavy atom. The van der Waals surface area contributed by atoms with Gasteiger partial charge in [0.15, 0.2) is 5.58 Å². The molecular formula is C10H12N2O3. The maximum Gasteiger partial charge on any atom is 0.419 e. The zero-order valence-corrected chi connectivity index (χ0v) is 8.30. The van der Waals surface area contributed by atoms with Crippen LogP contribution in [0.2, 0.25) is 0 Å². The Hall–Kier alpha value is -1.59. The Morgan fingerprint density at radius 2 is 2.33 bits per heavy atom. The molecule has 1 atom stereocenters. The van der Waals surface area contributed by atoms with Gasteiger partial charge in [0, 0.05) is 13.6 Å². The first-order valence-electron chi connectivity index (χ1n) is 4.61. The average Bonchev–Trinajstić information content (AvgIpc) is 2.53. The molecule has 0 saturated carbocycles. The summed E-state index contributed by atoms with van der Waals surface area (Å²) in [6.07, 6.45) is -0.722. The third kappa shape index (κ3) is 1.55. The molecule has 1 aromatic carbocycles. The van der Waals surface area contributed by atoms with Gasteiger partial charge in [-0.1, -0.05) is 6.07 Å². The zero-order valence-electron chi connectivity index (χ0n) is 8.30. The van der Waals surface area contributed by atoms with E-state index in [9.17, 15) is 9.90 Å². The maximum atomic E-state index is 11.2. The van der Waals surface area contributed by atoms with E-state index in [0.717, 1.165) is 0 Å². The largest absolute Gasteiger partial charge is 0.419 e. The van der Waals surface area contributed by atoms with Crippen LogP contribution in [-0.2, 0) is 7.05 Å². The molecule has 1 heterocycles. The van der Waals surface area contributed by atoms with Gasteiger partial charge in [0.1, 0.15) is 0 Å². The summed E-state index contributed by atoms with van der Waals surface area (Å²) in [5.41, 5.74) is 7.15. The van der Waals surface area contributed by atoms with Crippen LogP contribution in [0.15, 0.2) is 27.4 Å². The average molecular weight is 208 g/mol. The minimum Gasteiger partial charge on any atom is -0.408 e. The summed E-state index contributed by atoms with van der Waals surface area (Å²) in [4.78, 5) is 11.2. The molecule has 2 rings (SSSR count). The molecule has 0 saturated heterocycles. The minimum absolute atomic E-state index is 0.141. The van der Waals surface area contributed by atoms with E-state index in [-0.39, 0.29) is 6.54 Å². The summed E-state index contributed by atoms with van der Waals surface area (Å²) in [6.45, 7) is 0.141. The lowest BCUT2D eigenvalue weighted by molar-refractivity contribution is 0.187. The molecule has 80 valence electrons. The number of fused-ring (bicyclic) bond motifs is 1. The van der Waals surface area contributed by atoms with E-state index in [1.807, 2.05) is 0 Å². The Labute approximate surface area is 85.7 Å². The number of benzene rings is 1. The van der Waals surface area contributed by atoms with E-state index < -0.39 is 11.9 Å². The monoisotopic (exact) mass is 208 g/mol. The Bertz CT molecular complexity index is 541. The van der Waals surface area contributed by atoms with Gasteiger partial charge in [-0.05, 0) is 17.7 Å². The van der Waals surface area contributed by atoms with Crippen molar-refractivity contribution in [3.8, 4) is 0 Å². The van der Waals surface area contributed by atoms with Crippen LogP contribution < -0.4 is 11.5 Å². The molecule has 0 aliphatic rings. The Kier molecular flexibility index (Phi) is 2.34. The van der Waals surface area contributed by atoms with Gasteiger partial charge in [0.05, 0.1) is 11.6 Å². The molecule has 3 N–H and O–H groups in total. The predicted molar refractivity (Wildman–Crippen MR) is 55.5 cm³/mol. The van der Waals surface area contributed by atoms with E-state index in [1.54, 1.807) is 25.2 Å². The van der Waals surface area contributed by atoms with Crippen molar-refractivity contribution < 1.29 is 9.52 Å². The summed E-state index contributed by atoms with van der Waals surface area (Å²) < 4.78 is 6.40. The fourth-order valence-electron chi connectivity index (χ4n) is 1.49. The van der Waals surface area contributed by atoms with Crippen LogP contribution in [-0.4, -0.2) is 16.2 Å². The van der Waals surface area contributed by atoms with Crippen LogP contribution in [0.5, 0.6) is 0 Å².